The smallest absolute Gasteiger partial charge is 0.0541 e. The van der Waals surface area contributed by atoms with Crippen molar-refractivity contribution >= 4 is 63.3 Å². The Morgan fingerprint density at radius 2 is 1.02 bits per heavy atom. The molecule has 5 rings (SSSR count). The van der Waals surface area contributed by atoms with Gasteiger partial charge in [0.15, 0.2) is 0 Å². The summed E-state index contributed by atoms with van der Waals surface area (Å²) in [4.78, 5) is 2.37. The van der Waals surface area contributed by atoms with Crippen LogP contribution in [0.1, 0.15) is 88.8 Å². The minimum atomic E-state index is 1.06. The largest absolute Gasteiger partial charge is 0.309 e. The average molecular weight is 594 g/mol. The third-order valence-electron chi connectivity index (χ3n) is 7.36. The van der Waals surface area contributed by atoms with Gasteiger partial charge in [-0.15, -0.1) is 0 Å². The van der Waals surface area contributed by atoms with Crippen molar-refractivity contribution in [1.82, 2.24) is 0 Å². The first-order valence-corrected chi connectivity index (χ1v) is 16.2. The third-order valence-corrected chi connectivity index (χ3v) is 7.36. The Bertz CT molecular complexity index is 1710. The van der Waals surface area contributed by atoms with Crippen molar-refractivity contribution < 1.29 is 0 Å². The van der Waals surface area contributed by atoms with Crippen LogP contribution in [0.3, 0.4) is 0 Å². The molecule has 0 aromatic heterocycles. The molecular formula is C44H51N. The van der Waals surface area contributed by atoms with Gasteiger partial charge in [0, 0.05) is 16.5 Å². The van der Waals surface area contributed by atoms with Crippen LogP contribution in [0.15, 0.2) is 117 Å². The molecule has 232 valence electrons. The van der Waals surface area contributed by atoms with Crippen molar-refractivity contribution in [3.05, 3.63) is 151 Å². The van der Waals surface area contributed by atoms with Crippen molar-refractivity contribution in [2.75, 3.05) is 4.90 Å². The van der Waals surface area contributed by atoms with Crippen LogP contribution in [-0.4, -0.2) is 0 Å². The van der Waals surface area contributed by atoms with Crippen LogP contribution < -0.4 is 4.90 Å². The Balaban J connectivity index is 0.00000111. The van der Waals surface area contributed by atoms with Gasteiger partial charge in [-0.25, -0.2) is 0 Å². The molecule has 1 heteroatoms. The lowest BCUT2D eigenvalue weighted by Crippen LogP contribution is -2.14. The first kappa shape index (κ1) is 36.3. The minimum Gasteiger partial charge on any atom is -0.309 e. The van der Waals surface area contributed by atoms with Gasteiger partial charge in [-0.05, 0) is 70.8 Å². The van der Waals surface area contributed by atoms with E-state index in [9.17, 15) is 0 Å². The fourth-order valence-electron chi connectivity index (χ4n) is 5.76. The molecule has 4 aromatic rings. The number of hydrogen-bond donors (Lipinski definition) is 0. The number of anilines is 3. The van der Waals surface area contributed by atoms with Crippen molar-refractivity contribution in [2.24, 2.45) is 0 Å². The number of hydrogen-bond acceptors (Lipinski definition) is 1. The summed E-state index contributed by atoms with van der Waals surface area (Å²) < 4.78 is 0. The molecule has 0 amide bonds. The summed E-state index contributed by atoms with van der Waals surface area (Å²) in [5.41, 5.74) is 12.2. The number of allylic oxidation sites excluding steroid dienone is 6. The summed E-state index contributed by atoms with van der Waals surface area (Å²) in [6, 6.07) is 23.8. The number of rotatable bonds is 9. The van der Waals surface area contributed by atoms with Crippen LogP contribution in [0.2, 0.25) is 0 Å². The molecule has 0 saturated heterocycles. The van der Waals surface area contributed by atoms with Gasteiger partial charge in [0.2, 0.25) is 0 Å². The Labute approximate surface area is 273 Å². The quantitative estimate of drug-likeness (QED) is 0.187. The third kappa shape index (κ3) is 6.94. The normalized spacial score (nSPS) is 11.2. The van der Waals surface area contributed by atoms with Crippen LogP contribution >= 0.6 is 0 Å². The molecule has 1 aliphatic carbocycles. The molecule has 0 unspecified atom stereocenters. The van der Waals surface area contributed by atoms with Gasteiger partial charge in [0.1, 0.15) is 0 Å². The predicted octanol–water partition coefficient (Wildman–Crippen LogP) is 14.3. The predicted molar refractivity (Wildman–Crippen MR) is 209 cm³/mol. The lowest BCUT2D eigenvalue weighted by Gasteiger charge is -2.31. The molecule has 1 nitrogen and oxygen atoms in total. The molecule has 0 radical (unpaired) electrons. The highest BCUT2D eigenvalue weighted by Gasteiger charge is 2.26. The molecule has 0 aliphatic heterocycles. The highest BCUT2D eigenvalue weighted by atomic mass is 15.1. The second kappa shape index (κ2) is 18.0. The summed E-state index contributed by atoms with van der Waals surface area (Å²) in [5, 5.41) is 2.39. The van der Waals surface area contributed by atoms with Gasteiger partial charge < -0.3 is 4.90 Å². The topological polar surface area (TPSA) is 3.24 Å². The highest BCUT2D eigenvalue weighted by Crippen LogP contribution is 2.49. The molecule has 45 heavy (non-hydrogen) atoms. The minimum absolute atomic E-state index is 1.06. The number of benzene rings is 4. The molecule has 1 aliphatic rings. The maximum atomic E-state index is 4.22. The Kier molecular flexibility index (Phi) is 14.6. The summed E-state index contributed by atoms with van der Waals surface area (Å²) in [6.07, 6.45) is 16.2. The van der Waals surface area contributed by atoms with E-state index in [1.807, 2.05) is 79.7 Å². The standard InChI is InChI=1S/C38H33N.3C2H6/c1-7-16-27-19-14-22-35(28(27)10-4)39(36-23-13-18-26(9-3)31(36)17-8-2)37-25-24-33-30(12-6)29(11-5)32-20-15-21-34(37)38(32)33;3*1-2/h7-25H,3-6H2,1-2H3;3*1-2H3/b16-7-,17-8-;;;. The zero-order valence-corrected chi connectivity index (χ0v) is 28.7. The van der Waals surface area contributed by atoms with Crippen LogP contribution in [0.4, 0.5) is 17.1 Å². The Morgan fingerprint density at radius 1 is 0.489 bits per heavy atom. The van der Waals surface area contributed by atoms with Crippen LogP contribution in [0.5, 0.6) is 0 Å². The molecule has 0 fully saturated rings. The second-order valence-electron chi connectivity index (χ2n) is 9.40. The molecular weight excluding hydrogens is 542 g/mol. The molecule has 0 atom stereocenters. The Morgan fingerprint density at radius 3 is 1.56 bits per heavy atom. The van der Waals surface area contributed by atoms with Crippen LogP contribution in [0.25, 0.3) is 46.2 Å². The summed E-state index contributed by atoms with van der Waals surface area (Å²) >= 11 is 0. The first-order valence-electron chi connectivity index (χ1n) is 16.2. The van der Waals surface area contributed by atoms with E-state index >= 15 is 0 Å². The van der Waals surface area contributed by atoms with Crippen molar-refractivity contribution in [2.45, 2.75) is 55.4 Å². The second-order valence-corrected chi connectivity index (χ2v) is 9.40. The Hall–Kier alpha value is -4.88. The van der Waals surface area contributed by atoms with E-state index in [4.69, 9.17) is 0 Å². The maximum Gasteiger partial charge on any atom is 0.0541 e. The van der Waals surface area contributed by atoms with E-state index in [1.165, 1.54) is 21.9 Å². The van der Waals surface area contributed by atoms with Gasteiger partial charge in [-0.2, -0.15) is 0 Å². The summed E-state index contributed by atoms with van der Waals surface area (Å²) in [6.45, 7) is 32.6. The monoisotopic (exact) mass is 593 g/mol. The van der Waals surface area contributed by atoms with Crippen molar-refractivity contribution in [3.63, 3.8) is 0 Å². The summed E-state index contributed by atoms with van der Waals surface area (Å²) in [7, 11) is 0. The molecule has 4 aromatic carbocycles. The van der Waals surface area contributed by atoms with Gasteiger partial charge >= 0.3 is 0 Å². The van der Waals surface area contributed by atoms with E-state index in [0.29, 0.717) is 0 Å². The lowest BCUT2D eigenvalue weighted by molar-refractivity contribution is 1.28. The van der Waals surface area contributed by atoms with E-state index in [1.54, 1.807) is 0 Å². The molecule has 0 heterocycles. The van der Waals surface area contributed by atoms with E-state index in [0.717, 1.165) is 50.5 Å². The van der Waals surface area contributed by atoms with Gasteiger partial charge in [-0.3, -0.25) is 0 Å². The molecule has 0 bridgehead atoms. The van der Waals surface area contributed by atoms with Gasteiger partial charge in [-0.1, -0.05) is 165 Å². The van der Waals surface area contributed by atoms with E-state index in [2.05, 4.69) is 122 Å². The van der Waals surface area contributed by atoms with E-state index in [-0.39, 0.29) is 0 Å². The zero-order valence-electron chi connectivity index (χ0n) is 28.7. The fourth-order valence-corrected chi connectivity index (χ4v) is 5.76. The van der Waals surface area contributed by atoms with Crippen molar-refractivity contribution in [3.8, 4) is 0 Å². The molecule has 0 N–H and O–H groups in total. The zero-order chi connectivity index (χ0) is 33.5. The SMILES string of the molecule is C=CC1=C(C=C)c2ccc(N(c3cccc(/C=C\C)c3C=C)c3cccc(C=C)c3/C=C\C)c3cccc1c23.CC.CC.CC. The van der Waals surface area contributed by atoms with Gasteiger partial charge in [0.05, 0.1) is 17.1 Å². The van der Waals surface area contributed by atoms with Gasteiger partial charge in [0.25, 0.3) is 0 Å². The summed E-state index contributed by atoms with van der Waals surface area (Å²) in [5.74, 6) is 0. The maximum absolute atomic E-state index is 4.22. The molecule has 0 saturated carbocycles. The first-order chi connectivity index (χ1) is 22.1. The molecule has 0 spiro atoms. The fraction of sp³-hybridized carbons (Fsp3) is 0.182. The van der Waals surface area contributed by atoms with Crippen molar-refractivity contribution in [1.29, 1.82) is 0 Å². The average Bonchev–Trinajstić information content (AvgIpc) is 3.43. The lowest BCUT2D eigenvalue weighted by atomic mass is 9.96. The van der Waals surface area contributed by atoms with Crippen LogP contribution in [-0.2, 0) is 0 Å². The van der Waals surface area contributed by atoms with E-state index < -0.39 is 0 Å². The number of nitrogens with zero attached hydrogens (tertiary/aromatic N) is 1. The van der Waals surface area contributed by atoms with Crippen LogP contribution in [0, 0.1) is 0 Å². The highest BCUT2D eigenvalue weighted by molar-refractivity contribution is 6.20.